The number of carbonyl (C=O) groups is 1. The molecule has 1 aromatic carbocycles. The summed E-state index contributed by atoms with van der Waals surface area (Å²) in [5.74, 6) is -1.29. The van der Waals surface area contributed by atoms with Crippen LogP contribution in [0.3, 0.4) is 0 Å². The van der Waals surface area contributed by atoms with Gasteiger partial charge < -0.3 is 5.11 Å². The van der Waals surface area contributed by atoms with Crippen LogP contribution in [-0.2, 0) is 24.2 Å². The Balaban J connectivity index is 2.25. The number of aliphatic carboxylic acids is 1. The molecule has 0 saturated heterocycles. The Hall–Kier alpha value is -2.01. The van der Waals surface area contributed by atoms with Gasteiger partial charge in [-0.1, -0.05) is 19.1 Å². The standard InChI is InChI=1S/C16H17FN2O2/c1-2-19-7-6-14-12(9-19)11(8-15(20)21)10-4-3-5-13(17)16(10)18-14/h3-5H,2,6-9H2,1H3,(H,20,21). The third kappa shape index (κ3) is 2.49. The highest BCUT2D eigenvalue weighted by Gasteiger charge is 2.23. The van der Waals surface area contributed by atoms with Gasteiger partial charge in [0, 0.05) is 30.6 Å². The largest absolute Gasteiger partial charge is 0.481 e. The van der Waals surface area contributed by atoms with Crippen LogP contribution in [0.5, 0.6) is 0 Å². The zero-order chi connectivity index (χ0) is 15.0. The fourth-order valence-corrected chi connectivity index (χ4v) is 2.99. The summed E-state index contributed by atoms with van der Waals surface area (Å²) in [6.45, 7) is 4.56. The van der Waals surface area contributed by atoms with E-state index >= 15 is 0 Å². The summed E-state index contributed by atoms with van der Waals surface area (Å²) >= 11 is 0. The van der Waals surface area contributed by atoms with Crippen molar-refractivity contribution in [3.8, 4) is 0 Å². The van der Waals surface area contributed by atoms with E-state index in [2.05, 4.69) is 16.8 Å². The molecule has 0 radical (unpaired) electrons. The van der Waals surface area contributed by atoms with E-state index in [0.29, 0.717) is 17.5 Å². The molecule has 1 aliphatic rings. The van der Waals surface area contributed by atoms with Crippen LogP contribution in [0.1, 0.15) is 23.7 Å². The van der Waals surface area contributed by atoms with Crippen LogP contribution >= 0.6 is 0 Å². The van der Waals surface area contributed by atoms with Crippen LogP contribution < -0.4 is 0 Å². The molecule has 1 N–H and O–H groups in total. The number of rotatable bonds is 3. The second kappa shape index (κ2) is 5.41. The zero-order valence-corrected chi connectivity index (χ0v) is 11.9. The maximum Gasteiger partial charge on any atom is 0.307 e. The number of carboxylic acid groups (broad SMARTS) is 1. The first-order valence-electron chi connectivity index (χ1n) is 7.13. The summed E-state index contributed by atoms with van der Waals surface area (Å²) in [7, 11) is 0. The maximum atomic E-state index is 14.0. The highest BCUT2D eigenvalue weighted by molar-refractivity contribution is 5.88. The van der Waals surface area contributed by atoms with Crippen molar-refractivity contribution < 1.29 is 14.3 Å². The molecule has 2 aromatic rings. The average Bonchev–Trinajstić information content (AvgIpc) is 2.47. The minimum absolute atomic E-state index is 0.0949. The number of benzene rings is 1. The zero-order valence-electron chi connectivity index (χ0n) is 11.9. The van der Waals surface area contributed by atoms with Crippen LogP contribution in [0.15, 0.2) is 18.2 Å². The van der Waals surface area contributed by atoms with Gasteiger partial charge in [0.1, 0.15) is 11.3 Å². The molecule has 0 saturated carbocycles. The first-order valence-corrected chi connectivity index (χ1v) is 7.13. The molecule has 0 spiro atoms. The van der Waals surface area contributed by atoms with Crippen molar-refractivity contribution in [3.63, 3.8) is 0 Å². The molecule has 0 fully saturated rings. The normalized spacial score (nSPS) is 15.1. The summed E-state index contributed by atoms with van der Waals surface area (Å²) in [6.07, 6.45) is 0.641. The Morgan fingerprint density at radius 3 is 3.00 bits per heavy atom. The number of hydrogen-bond donors (Lipinski definition) is 1. The number of halogens is 1. The molecule has 0 bridgehead atoms. The van der Waals surface area contributed by atoms with E-state index in [-0.39, 0.29) is 17.8 Å². The molecule has 4 nitrogen and oxygen atoms in total. The lowest BCUT2D eigenvalue weighted by atomic mass is 9.94. The number of carboxylic acids is 1. The molecular formula is C16H17FN2O2. The lowest BCUT2D eigenvalue weighted by molar-refractivity contribution is -0.136. The molecule has 0 unspecified atom stereocenters. The van der Waals surface area contributed by atoms with Crippen molar-refractivity contribution in [1.82, 2.24) is 9.88 Å². The Labute approximate surface area is 122 Å². The van der Waals surface area contributed by atoms with Crippen molar-refractivity contribution in [2.24, 2.45) is 0 Å². The van der Waals surface area contributed by atoms with Gasteiger partial charge in [0.05, 0.1) is 6.42 Å². The number of aromatic nitrogens is 1. The van der Waals surface area contributed by atoms with Gasteiger partial charge in [-0.3, -0.25) is 9.69 Å². The molecule has 1 aliphatic heterocycles. The molecule has 3 rings (SSSR count). The Morgan fingerprint density at radius 2 is 2.29 bits per heavy atom. The van der Waals surface area contributed by atoms with Gasteiger partial charge in [-0.05, 0) is 23.7 Å². The predicted octanol–water partition coefficient (Wildman–Crippen LogP) is 2.38. The highest BCUT2D eigenvalue weighted by atomic mass is 19.1. The topological polar surface area (TPSA) is 53.4 Å². The first kappa shape index (κ1) is 13.9. The second-order valence-electron chi connectivity index (χ2n) is 5.34. The third-order valence-corrected chi connectivity index (χ3v) is 4.09. The van der Waals surface area contributed by atoms with E-state index in [4.69, 9.17) is 0 Å². The number of pyridine rings is 1. The molecule has 1 aromatic heterocycles. The quantitative estimate of drug-likeness (QED) is 0.942. The molecule has 0 atom stereocenters. The second-order valence-corrected chi connectivity index (χ2v) is 5.34. The lowest BCUT2D eigenvalue weighted by Crippen LogP contribution is -2.32. The fourth-order valence-electron chi connectivity index (χ4n) is 2.99. The number of hydrogen-bond acceptors (Lipinski definition) is 3. The average molecular weight is 288 g/mol. The summed E-state index contributed by atoms with van der Waals surface area (Å²) in [5, 5.41) is 9.81. The molecule has 21 heavy (non-hydrogen) atoms. The molecular weight excluding hydrogens is 271 g/mol. The molecule has 2 heterocycles. The van der Waals surface area contributed by atoms with Gasteiger partial charge in [0.15, 0.2) is 0 Å². The number of likely N-dealkylation sites (N-methyl/N-ethyl adjacent to an activating group) is 1. The van der Waals surface area contributed by atoms with Gasteiger partial charge in [0.2, 0.25) is 0 Å². The van der Waals surface area contributed by atoms with Crippen LogP contribution in [0.2, 0.25) is 0 Å². The van der Waals surface area contributed by atoms with Gasteiger partial charge >= 0.3 is 5.97 Å². The molecule has 110 valence electrons. The Morgan fingerprint density at radius 1 is 1.48 bits per heavy atom. The van der Waals surface area contributed by atoms with Crippen LogP contribution in [-0.4, -0.2) is 34.0 Å². The summed E-state index contributed by atoms with van der Waals surface area (Å²) in [4.78, 5) is 17.9. The van der Waals surface area contributed by atoms with E-state index in [1.54, 1.807) is 12.1 Å². The maximum absolute atomic E-state index is 14.0. The van der Waals surface area contributed by atoms with Gasteiger partial charge in [-0.25, -0.2) is 9.37 Å². The van der Waals surface area contributed by atoms with Crippen molar-refractivity contribution in [2.45, 2.75) is 26.3 Å². The fraction of sp³-hybridized carbons (Fsp3) is 0.375. The highest BCUT2D eigenvalue weighted by Crippen LogP contribution is 2.29. The number of nitrogens with zero attached hydrogens (tertiary/aromatic N) is 2. The van der Waals surface area contributed by atoms with E-state index < -0.39 is 5.97 Å². The minimum Gasteiger partial charge on any atom is -0.481 e. The van der Waals surface area contributed by atoms with Crippen molar-refractivity contribution in [3.05, 3.63) is 40.8 Å². The summed E-state index contributed by atoms with van der Waals surface area (Å²) < 4.78 is 14.0. The van der Waals surface area contributed by atoms with E-state index in [0.717, 1.165) is 30.8 Å². The van der Waals surface area contributed by atoms with Gasteiger partial charge in [-0.15, -0.1) is 0 Å². The predicted molar refractivity (Wildman–Crippen MR) is 77.7 cm³/mol. The molecule has 5 heteroatoms. The van der Waals surface area contributed by atoms with Gasteiger partial charge in [0.25, 0.3) is 0 Å². The molecule has 0 amide bonds. The van der Waals surface area contributed by atoms with Crippen molar-refractivity contribution in [1.29, 1.82) is 0 Å². The Bertz CT molecular complexity index is 715. The minimum atomic E-state index is -0.900. The monoisotopic (exact) mass is 288 g/mol. The van der Waals surface area contributed by atoms with Crippen molar-refractivity contribution in [2.75, 3.05) is 13.1 Å². The summed E-state index contributed by atoms with van der Waals surface area (Å²) in [6, 6.07) is 4.74. The third-order valence-electron chi connectivity index (χ3n) is 4.09. The summed E-state index contributed by atoms with van der Waals surface area (Å²) in [5.41, 5.74) is 2.80. The van der Waals surface area contributed by atoms with E-state index in [9.17, 15) is 14.3 Å². The van der Waals surface area contributed by atoms with Crippen LogP contribution in [0.25, 0.3) is 10.9 Å². The lowest BCUT2D eigenvalue weighted by Gasteiger charge is -2.29. The van der Waals surface area contributed by atoms with Crippen molar-refractivity contribution >= 4 is 16.9 Å². The van der Waals surface area contributed by atoms with E-state index in [1.807, 2.05) is 0 Å². The van der Waals surface area contributed by atoms with Crippen LogP contribution in [0, 0.1) is 5.82 Å². The number of para-hydroxylation sites is 1. The smallest absolute Gasteiger partial charge is 0.307 e. The first-order chi connectivity index (χ1) is 10.1. The van der Waals surface area contributed by atoms with Gasteiger partial charge in [-0.2, -0.15) is 0 Å². The van der Waals surface area contributed by atoms with Crippen LogP contribution in [0.4, 0.5) is 4.39 Å². The number of fused-ring (bicyclic) bond motifs is 2. The molecule has 0 aliphatic carbocycles. The SMILES string of the molecule is CCN1CCc2nc3c(F)cccc3c(CC(=O)O)c2C1. The Kier molecular flexibility index (Phi) is 3.59. The van der Waals surface area contributed by atoms with E-state index in [1.165, 1.54) is 6.07 Å².